The average molecular weight is 539 g/mol. The van der Waals surface area contributed by atoms with Gasteiger partial charge in [-0.15, -0.1) is 0 Å². The van der Waals surface area contributed by atoms with Gasteiger partial charge in [0.25, 0.3) is 0 Å². The Hall–Kier alpha value is 0.784. The van der Waals surface area contributed by atoms with Gasteiger partial charge in [-0.05, 0) is 0 Å². The Balaban J connectivity index is 4.44. The van der Waals surface area contributed by atoms with Crippen molar-refractivity contribution in [3.8, 4) is 0 Å². The van der Waals surface area contributed by atoms with Gasteiger partial charge in [-0.1, -0.05) is 0 Å². The van der Waals surface area contributed by atoms with Gasteiger partial charge in [0.05, 0.1) is 0 Å². The summed E-state index contributed by atoms with van der Waals surface area (Å²) >= 11 is 0.243. The standard InChI is InChI=1S/C5H8O4.2Tl/c1-5(2,3(6)7)4(8)9;;/h1-2H3,(H,6,7)(H,8,9);;/q;2*+1/p-2. The van der Waals surface area contributed by atoms with E-state index in [4.69, 9.17) is 0 Å². The van der Waals surface area contributed by atoms with Crippen LogP contribution in [0, 0.1) is 5.41 Å². The van der Waals surface area contributed by atoms with Crippen LogP contribution in [-0.2, 0) is 15.0 Å². The first-order valence-corrected chi connectivity index (χ1v) is 6.45. The van der Waals surface area contributed by atoms with Crippen LogP contribution in [0.15, 0.2) is 0 Å². The molecule has 0 aromatic carbocycles. The fourth-order valence-electron chi connectivity index (χ4n) is 0.378. The molecule has 0 N–H and O–H groups in total. The molecule has 0 spiro atoms. The van der Waals surface area contributed by atoms with E-state index in [9.17, 15) is 9.59 Å². The van der Waals surface area contributed by atoms with Crippen molar-refractivity contribution in [1.29, 1.82) is 0 Å². The minimum absolute atomic E-state index is 0.121. The third kappa shape index (κ3) is 2.95. The van der Waals surface area contributed by atoms with Gasteiger partial charge in [-0.3, -0.25) is 0 Å². The summed E-state index contributed by atoms with van der Waals surface area (Å²) in [5.41, 5.74) is -1.12. The molecule has 4 nitrogen and oxygen atoms in total. The Labute approximate surface area is 97.7 Å². The van der Waals surface area contributed by atoms with Crippen molar-refractivity contribution >= 4 is 64.4 Å². The van der Waals surface area contributed by atoms with Gasteiger partial charge in [0.2, 0.25) is 0 Å². The topological polar surface area (TPSA) is 52.6 Å². The first-order valence-electron chi connectivity index (χ1n) is 2.79. The zero-order valence-corrected chi connectivity index (χ0v) is 15.3. The van der Waals surface area contributed by atoms with Gasteiger partial charge in [-0.25, -0.2) is 0 Å². The second-order valence-electron chi connectivity index (χ2n) is 2.44. The quantitative estimate of drug-likeness (QED) is 0.344. The van der Waals surface area contributed by atoms with E-state index in [1.165, 1.54) is 13.8 Å². The summed E-state index contributed by atoms with van der Waals surface area (Å²) in [6.07, 6.45) is 0. The number of rotatable bonds is 2. The molecule has 56 valence electrons. The number of carbonyl (C=O) groups excluding carboxylic acids is 2. The molecule has 6 heteroatoms. The third-order valence-corrected chi connectivity index (χ3v) is 2.90. The van der Waals surface area contributed by atoms with Crippen LogP contribution in [0.3, 0.4) is 0 Å². The summed E-state index contributed by atoms with van der Waals surface area (Å²) in [5, 5.41) is 0. The van der Waals surface area contributed by atoms with Crippen molar-refractivity contribution in [3.63, 3.8) is 0 Å². The number of carbonyl (C=O) groups is 2. The van der Waals surface area contributed by atoms with E-state index >= 15 is 0 Å². The molecule has 0 heterocycles. The van der Waals surface area contributed by atoms with Crippen molar-refractivity contribution in [2.24, 2.45) is 5.41 Å². The fraction of sp³-hybridized carbons (Fsp3) is 0.600. The second-order valence-corrected chi connectivity index (χ2v) is 4.27. The summed E-state index contributed by atoms with van der Waals surface area (Å²) in [6, 6.07) is 0. The maximum absolute atomic E-state index is 11.0. The summed E-state index contributed by atoms with van der Waals surface area (Å²) in [5.74, 6) is -0.985. The molecule has 0 rings (SSSR count). The van der Waals surface area contributed by atoms with Crippen LogP contribution in [0.2, 0.25) is 0 Å². The first-order chi connectivity index (χ1) is 4.96. The Morgan fingerprint density at radius 1 is 1.09 bits per heavy atom. The van der Waals surface area contributed by atoms with Gasteiger partial charge >= 0.3 is 98.6 Å². The van der Waals surface area contributed by atoms with Crippen LogP contribution in [0.1, 0.15) is 13.8 Å². The van der Waals surface area contributed by atoms with Crippen LogP contribution < -0.4 is 0 Å². The van der Waals surface area contributed by atoms with Crippen LogP contribution in [-0.4, -0.2) is 64.4 Å². The van der Waals surface area contributed by atoms with Crippen LogP contribution >= 0.6 is 0 Å². The molecule has 0 atom stereocenters. The molecular formula is C5H6O4Tl2. The molecule has 0 aromatic rings. The fourth-order valence-corrected chi connectivity index (χ4v) is 2.67. The van der Waals surface area contributed by atoms with Crippen molar-refractivity contribution < 1.29 is 15.0 Å². The van der Waals surface area contributed by atoms with Crippen LogP contribution in [0.5, 0.6) is 0 Å². The summed E-state index contributed by atoms with van der Waals surface area (Å²) in [7, 11) is 0. The van der Waals surface area contributed by atoms with E-state index in [0.29, 0.717) is 0 Å². The molecule has 0 radical (unpaired) electrons. The van der Waals surface area contributed by atoms with E-state index in [-0.39, 0.29) is 52.4 Å². The molecule has 0 fully saturated rings. The monoisotopic (exact) mass is 540 g/mol. The average Bonchev–Trinajstić information content (AvgIpc) is 2.01. The first kappa shape index (κ1) is 11.8. The number of hydrogen-bond donors (Lipinski definition) is 0. The molecule has 11 heavy (non-hydrogen) atoms. The maximum atomic E-state index is 11.0. The zero-order valence-electron chi connectivity index (χ0n) is 6.29. The van der Waals surface area contributed by atoms with Crippen LogP contribution in [0.25, 0.3) is 0 Å². The Morgan fingerprint density at radius 3 is 1.55 bits per heavy atom. The molecular weight excluding hydrogens is 533 g/mol. The Bertz CT molecular complexity index is 159. The summed E-state index contributed by atoms with van der Waals surface area (Å²) < 4.78 is 9.17. The van der Waals surface area contributed by atoms with Crippen molar-refractivity contribution in [3.05, 3.63) is 0 Å². The van der Waals surface area contributed by atoms with E-state index in [0.717, 1.165) is 0 Å². The van der Waals surface area contributed by atoms with E-state index in [2.05, 4.69) is 5.37 Å². The SMILES string of the molecule is CC(C)(C(=O)[O][Tl])C(=O)[O][Tl]. The summed E-state index contributed by atoms with van der Waals surface area (Å²) in [4.78, 5) is 21.9. The molecule has 0 bridgehead atoms. The molecule has 0 aliphatic carbocycles. The zero-order chi connectivity index (χ0) is 9.07. The summed E-state index contributed by atoms with van der Waals surface area (Å²) in [6.45, 7) is 3.00. The second kappa shape index (κ2) is 4.72. The van der Waals surface area contributed by atoms with Crippen molar-refractivity contribution in [2.75, 3.05) is 0 Å². The minimum atomic E-state index is -1.12. The molecule has 0 aromatic heterocycles. The Morgan fingerprint density at radius 2 is 1.36 bits per heavy atom. The van der Waals surface area contributed by atoms with E-state index in [1.54, 1.807) is 0 Å². The van der Waals surface area contributed by atoms with Gasteiger partial charge in [0, 0.05) is 0 Å². The van der Waals surface area contributed by atoms with Crippen LogP contribution in [0.4, 0.5) is 0 Å². The predicted octanol–water partition coefficient (Wildman–Crippen LogP) is -0.734. The number of hydrogen-bond acceptors (Lipinski definition) is 4. The molecule has 0 saturated carbocycles. The normalized spacial score (nSPS) is 10.2. The van der Waals surface area contributed by atoms with Crippen molar-refractivity contribution in [2.45, 2.75) is 13.8 Å². The molecule has 0 aliphatic heterocycles. The molecule has 0 amide bonds. The third-order valence-electron chi connectivity index (χ3n) is 1.23. The van der Waals surface area contributed by atoms with Crippen molar-refractivity contribution in [1.82, 2.24) is 0 Å². The van der Waals surface area contributed by atoms with E-state index in [1.807, 2.05) is 0 Å². The molecule has 0 unspecified atom stereocenters. The Kier molecular flexibility index (Phi) is 5.06. The predicted molar refractivity (Wildman–Crippen MR) is 37.5 cm³/mol. The van der Waals surface area contributed by atoms with Gasteiger partial charge in [0.1, 0.15) is 0 Å². The van der Waals surface area contributed by atoms with Gasteiger partial charge in [0.15, 0.2) is 0 Å². The van der Waals surface area contributed by atoms with Gasteiger partial charge < -0.3 is 0 Å². The molecule has 0 saturated heterocycles. The molecule has 0 aliphatic rings. The van der Waals surface area contributed by atoms with Gasteiger partial charge in [-0.2, -0.15) is 0 Å². The van der Waals surface area contributed by atoms with E-state index < -0.39 is 17.4 Å².